The average molecular weight is 436 g/mol. The third kappa shape index (κ3) is 4.59. The zero-order valence-corrected chi connectivity index (χ0v) is 17.5. The number of ether oxygens (including phenoxy) is 1. The lowest BCUT2D eigenvalue weighted by Crippen LogP contribution is -2.19. The second-order valence-corrected chi connectivity index (χ2v) is 7.71. The molecule has 0 unspecified atom stereocenters. The van der Waals surface area contributed by atoms with Crippen molar-refractivity contribution < 1.29 is 23.1 Å². The molecule has 156 valence electrons. The van der Waals surface area contributed by atoms with Gasteiger partial charge in [-0.25, -0.2) is 14.2 Å². The quantitative estimate of drug-likeness (QED) is 0.456. The number of amides is 1. The number of thioether (sulfide) groups is 1. The molecule has 0 radical (unpaired) electrons. The molecular formula is C23H17FN2O4S. The largest absolute Gasteiger partial charge is 0.465 e. The number of rotatable bonds is 4. The van der Waals surface area contributed by atoms with E-state index in [1.54, 1.807) is 30.3 Å². The summed E-state index contributed by atoms with van der Waals surface area (Å²) in [6.45, 7) is 1.91. The molecule has 0 bridgehead atoms. The number of nitrogens with zero attached hydrogens (tertiary/aromatic N) is 1. The van der Waals surface area contributed by atoms with E-state index >= 15 is 0 Å². The van der Waals surface area contributed by atoms with Crippen LogP contribution in [0.25, 0.3) is 17.4 Å². The summed E-state index contributed by atoms with van der Waals surface area (Å²) < 4.78 is 23.7. The van der Waals surface area contributed by atoms with Crippen molar-refractivity contribution in [3.63, 3.8) is 0 Å². The van der Waals surface area contributed by atoms with Crippen LogP contribution in [0, 0.1) is 12.7 Å². The number of nitrogens with one attached hydrogen (secondary N) is 1. The van der Waals surface area contributed by atoms with Crippen LogP contribution >= 0.6 is 11.8 Å². The SMILES string of the molecule is COC(=O)c1ccc(C)c(-c2ccc(/C=C3/SC(=Nc4ccc(F)cc4)NC3=O)o2)c1. The van der Waals surface area contributed by atoms with Crippen LogP contribution in [0.15, 0.2) is 68.9 Å². The lowest BCUT2D eigenvalue weighted by molar-refractivity contribution is -0.115. The molecule has 0 saturated carbocycles. The second-order valence-electron chi connectivity index (χ2n) is 6.68. The predicted octanol–water partition coefficient (Wildman–Crippen LogP) is 5.07. The number of furan rings is 1. The zero-order chi connectivity index (χ0) is 22.0. The molecule has 1 aliphatic rings. The van der Waals surface area contributed by atoms with Gasteiger partial charge in [-0.15, -0.1) is 0 Å². The van der Waals surface area contributed by atoms with Crippen LogP contribution in [-0.4, -0.2) is 24.2 Å². The summed E-state index contributed by atoms with van der Waals surface area (Å²) in [4.78, 5) is 28.8. The lowest BCUT2D eigenvalue weighted by Gasteiger charge is -2.05. The summed E-state index contributed by atoms with van der Waals surface area (Å²) in [5, 5.41) is 3.08. The molecular weight excluding hydrogens is 419 g/mol. The van der Waals surface area contributed by atoms with E-state index in [9.17, 15) is 14.0 Å². The number of esters is 1. The first kappa shape index (κ1) is 20.6. The van der Waals surface area contributed by atoms with Crippen LogP contribution in [0.1, 0.15) is 21.7 Å². The molecule has 4 rings (SSSR count). The summed E-state index contributed by atoms with van der Waals surface area (Å²) in [6, 6.07) is 14.4. The number of halogens is 1. The normalized spacial score (nSPS) is 16.0. The van der Waals surface area contributed by atoms with E-state index < -0.39 is 5.97 Å². The molecule has 1 amide bonds. The van der Waals surface area contributed by atoms with Gasteiger partial charge >= 0.3 is 5.97 Å². The predicted molar refractivity (Wildman–Crippen MR) is 117 cm³/mol. The van der Waals surface area contributed by atoms with Crippen LogP contribution in [0.2, 0.25) is 0 Å². The Morgan fingerprint density at radius 1 is 1.16 bits per heavy atom. The molecule has 6 nitrogen and oxygen atoms in total. The molecule has 2 heterocycles. The Balaban J connectivity index is 1.57. The highest BCUT2D eigenvalue weighted by Gasteiger charge is 2.24. The number of hydrogen-bond donors (Lipinski definition) is 1. The summed E-state index contributed by atoms with van der Waals surface area (Å²) in [6.07, 6.45) is 1.62. The molecule has 0 atom stereocenters. The van der Waals surface area contributed by atoms with Gasteiger partial charge in [0.25, 0.3) is 5.91 Å². The van der Waals surface area contributed by atoms with Crippen LogP contribution in [0.4, 0.5) is 10.1 Å². The van der Waals surface area contributed by atoms with Gasteiger partial charge in [0.1, 0.15) is 17.3 Å². The Kier molecular flexibility index (Phi) is 5.73. The van der Waals surface area contributed by atoms with E-state index in [4.69, 9.17) is 9.15 Å². The fraction of sp³-hybridized carbons (Fsp3) is 0.0870. The number of benzene rings is 2. The lowest BCUT2D eigenvalue weighted by atomic mass is 10.0. The Bertz CT molecular complexity index is 1230. The summed E-state index contributed by atoms with van der Waals surface area (Å²) in [5.41, 5.74) is 2.65. The summed E-state index contributed by atoms with van der Waals surface area (Å²) >= 11 is 1.17. The van der Waals surface area contributed by atoms with Gasteiger partial charge in [0.05, 0.1) is 23.3 Å². The number of methoxy groups -OCH3 is 1. The third-order valence-electron chi connectivity index (χ3n) is 4.53. The Morgan fingerprint density at radius 3 is 2.68 bits per heavy atom. The summed E-state index contributed by atoms with van der Waals surface area (Å²) in [7, 11) is 1.33. The van der Waals surface area contributed by atoms with Crippen molar-refractivity contribution in [3.05, 3.63) is 82.2 Å². The van der Waals surface area contributed by atoms with E-state index in [1.165, 1.54) is 43.1 Å². The van der Waals surface area contributed by atoms with E-state index in [1.807, 2.05) is 13.0 Å². The van der Waals surface area contributed by atoms with Gasteiger partial charge in [0, 0.05) is 11.6 Å². The van der Waals surface area contributed by atoms with E-state index in [2.05, 4.69) is 10.3 Å². The first-order valence-corrected chi connectivity index (χ1v) is 10.1. The van der Waals surface area contributed by atoms with Crippen molar-refractivity contribution >= 4 is 40.6 Å². The molecule has 3 aromatic rings. The minimum Gasteiger partial charge on any atom is -0.465 e. The smallest absolute Gasteiger partial charge is 0.337 e. The summed E-state index contributed by atoms with van der Waals surface area (Å²) in [5.74, 6) is -0.0271. The molecule has 2 aromatic carbocycles. The van der Waals surface area contributed by atoms with Crippen molar-refractivity contribution in [3.8, 4) is 11.3 Å². The fourth-order valence-electron chi connectivity index (χ4n) is 2.95. The van der Waals surface area contributed by atoms with Gasteiger partial charge in [-0.05, 0) is 72.8 Å². The molecule has 1 fully saturated rings. The van der Waals surface area contributed by atoms with Crippen molar-refractivity contribution in [2.45, 2.75) is 6.92 Å². The number of carbonyl (C=O) groups excluding carboxylic acids is 2. The van der Waals surface area contributed by atoms with Crippen molar-refractivity contribution in [2.24, 2.45) is 4.99 Å². The van der Waals surface area contributed by atoms with E-state index in [0.717, 1.165) is 11.1 Å². The molecule has 8 heteroatoms. The van der Waals surface area contributed by atoms with Gasteiger partial charge in [-0.1, -0.05) is 6.07 Å². The van der Waals surface area contributed by atoms with Gasteiger partial charge in [-0.2, -0.15) is 0 Å². The topological polar surface area (TPSA) is 80.9 Å². The highest BCUT2D eigenvalue weighted by molar-refractivity contribution is 8.18. The van der Waals surface area contributed by atoms with Gasteiger partial charge in [0.15, 0.2) is 5.17 Å². The monoisotopic (exact) mass is 436 g/mol. The van der Waals surface area contributed by atoms with Crippen molar-refractivity contribution in [2.75, 3.05) is 7.11 Å². The maximum Gasteiger partial charge on any atom is 0.337 e. The fourth-order valence-corrected chi connectivity index (χ4v) is 3.77. The molecule has 1 aromatic heterocycles. The van der Waals surface area contributed by atoms with Crippen molar-refractivity contribution in [1.82, 2.24) is 5.32 Å². The van der Waals surface area contributed by atoms with Gasteiger partial charge in [0.2, 0.25) is 0 Å². The van der Waals surface area contributed by atoms with Crippen LogP contribution in [-0.2, 0) is 9.53 Å². The van der Waals surface area contributed by atoms with Crippen molar-refractivity contribution in [1.29, 1.82) is 0 Å². The Labute approximate surface area is 181 Å². The minimum atomic E-state index is -0.429. The number of carbonyl (C=O) groups is 2. The number of amidine groups is 1. The standard InChI is InChI=1S/C23H17FN2O4S/c1-13-3-4-14(22(28)29-2)11-18(13)19-10-9-17(30-19)12-20-21(27)26-23(31-20)25-16-7-5-15(24)6-8-16/h3-12H,1-2H3,(H,25,26,27)/b20-12+. The maximum atomic E-state index is 13.0. The second kappa shape index (κ2) is 8.61. The highest BCUT2D eigenvalue weighted by atomic mass is 32.2. The van der Waals surface area contributed by atoms with Gasteiger partial charge in [-0.3, -0.25) is 4.79 Å². The number of hydrogen-bond acceptors (Lipinski definition) is 6. The number of aliphatic imine (C=N–C) groups is 1. The maximum absolute atomic E-state index is 13.0. The Hall–Kier alpha value is -3.65. The molecule has 0 aliphatic carbocycles. The zero-order valence-electron chi connectivity index (χ0n) is 16.6. The van der Waals surface area contributed by atoms with Crippen LogP contribution < -0.4 is 5.32 Å². The third-order valence-corrected chi connectivity index (χ3v) is 5.44. The first-order chi connectivity index (χ1) is 14.9. The van der Waals surface area contributed by atoms with Gasteiger partial charge < -0.3 is 14.5 Å². The molecule has 1 N–H and O–H groups in total. The van der Waals surface area contributed by atoms with E-state index in [-0.39, 0.29) is 11.7 Å². The molecule has 0 spiro atoms. The average Bonchev–Trinajstić information content (AvgIpc) is 3.36. The number of aryl methyl sites for hydroxylation is 1. The molecule has 1 aliphatic heterocycles. The highest BCUT2D eigenvalue weighted by Crippen LogP contribution is 2.31. The van der Waals surface area contributed by atoms with E-state index in [0.29, 0.717) is 32.8 Å². The first-order valence-electron chi connectivity index (χ1n) is 9.27. The van der Waals surface area contributed by atoms with Crippen LogP contribution in [0.5, 0.6) is 0 Å². The Morgan fingerprint density at radius 2 is 1.94 bits per heavy atom. The molecule has 1 saturated heterocycles. The molecule has 31 heavy (non-hydrogen) atoms. The minimum absolute atomic E-state index is 0.298. The van der Waals surface area contributed by atoms with Crippen LogP contribution in [0.3, 0.4) is 0 Å².